The van der Waals surface area contributed by atoms with Crippen LogP contribution in [0.2, 0.25) is 0 Å². The van der Waals surface area contributed by atoms with Crippen molar-refractivity contribution in [3.8, 4) is 5.75 Å². The van der Waals surface area contributed by atoms with E-state index in [9.17, 15) is 4.79 Å². The topological polar surface area (TPSA) is 59.6 Å². The van der Waals surface area contributed by atoms with Crippen LogP contribution in [-0.2, 0) is 9.53 Å². The maximum atomic E-state index is 11.9. The zero-order chi connectivity index (χ0) is 13.9. The number of nitrogens with one attached hydrogen (secondary N) is 2. The normalized spacial score (nSPS) is 22.4. The summed E-state index contributed by atoms with van der Waals surface area (Å²) in [7, 11) is 0. The van der Waals surface area contributed by atoms with Crippen LogP contribution < -0.4 is 15.4 Å². The zero-order valence-electron chi connectivity index (χ0n) is 11.6. The van der Waals surface area contributed by atoms with Gasteiger partial charge in [0.2, 0.25) is 5.91 Å². The summed E-state index contributed by atoms with van der Waals surface area (Å²) in [6.45, 7) is 4.27. The van der Waals surface area contributed by atoms with E-state index in [1.165, 1.54) is 0 Å². The molecule has 1 aromatic carbocycles. The van der Waals surface area contributed by atoms with Crippen LogP contribution in [0.1, 0.15) is 31.4 Å². The zero-order valence-corrected chi connectivity index (χ0v) is 11.6. The molecule has 3 rings (SSSR count). The summed E-state index contributed by atoms with van der Waals surface area (Å²) < 4.78 is 11.3. The largest absolute Gasteiger partial charge is 0.490 e. The van der Waals surface area contributed by atoms with Gasteiger partial charge >= 0.3 is 0 Å². The minimum atomic E-state index is -0.243. The smallest absolute Gasteiger partial charge is 0.246 e. The van der Waals surface area contributed by atoms with E-state index in [1.807, 2.05) is 25.1 Å². The van der Waals surface area contributed by atoms with Gasteiger partial charge < -0.3 is 20.1 Å². The Labute approximate surface area is 118 Å². The van der Waals surface area contributed by atoms with Crippen molar-refractivity contribution in [3.63, 3.8) is 0 Å². The van der Waals surface area contributed by atoms with Crippen molar-refractivity contribution in [2.75, 3.05) is 25.1 Å². The molecule has 5 nitrogen and oxygen atoms in total. The molecule has 2 aliphatic heterocycles. The van der Waals surface area contributed by atoms with Crippen LogP contribution in [0.5, 0.6) is 5.75 Å². The average molecular weight is 276 g/mol. The number of ether oxygens (including phenoxy) is 2. The molecule has 1 saturated heterocycles. The number of carbonyl (C=O) groups excluding carboxylic acids is 1. The lowest BCUT2D eigenvalue weighted by molar-refractivity contribution is -0.117. The first-order valence-electron chi connectivity index (χ1n) is 7.20. The van der Waals surface area contributed by atoms with Crippen molar-refractivity contribution < 1.29 is 14.3 Å². The lowest BCUT2D eigenvalue weighted by atomic mass is 10.1. The highest BCUT2D eigenvalue weighted by Gasteiger charge is 2.30. The van der Waals surface area contributed by atoms with Crippen LogP contribution in [0.15, 0.2) is 18.2 Å². The van der Waals surface area contributed by atoms with Gasteiger partial charge in [-0.25, -0.2) is 0 Å². The van der Waals surface area contributed by atoms with Gasteiger partial charge in [-0.15, -0.1) is 0 Å². The molecule has 5 heteroatoms. The predicted octanol–water partition coefficient (Wildman–Crippen LogP) is 1.85. The van der Waals surface area contributed by atoms with Crippen LogP contribution in [0.4, 0.5) is 5.69 Å². The van der Waals surface area contributed by atoms with E-state index in [-0.39, 0.29) is 18.1 Å². The molecule has 0 bridgehead atoms. The second kappa shape index (κ2) is 5.81. The molecule has 2 heterocycles. The number of benzene rings is 1. The molecule has 1 fully saturated rings. The summed E-state index contributed by atoms with van der Waals surface area (Å²) in [5.74, 6) is 0.818. The van der Waals surface area contributed by atoms with E-state index in [0.29, 0.717) is 0 Å². The summed E-state index contributed by atoms with van der Waals surface area (Å²) in [5.41, 5.74) is 1.85. The molecule has 1 aromatic rings. The van der Waals surface area contributed by atoms with Gasteiger partial charge in [0.25, 0.3) is 0 Å². The van der Waals surface area contributed by atoms with Crippen molar-refractivity contribution in [1.29, 1.82) is 0 Å². The van der Waals surface area contributed by atoms with Crippen LogP contribution in [0.3, 0.4) is 0 Å². The Balaban J connectivity index is 1.73. The van der Waals surface area contributed by atoms with Crippen LogP contribution in [0.25, 0.3) is 0 Å². The van der Waals surface area contributed by atoms with Gasteiger partial charge in [0, 0.05) is 30.2 Å². The Morgan fingerprint density at radius 2 is 2.20 bits per heavy atom. The number of hydrogen-bond acceptors (Lipinski definition) is 4. The summed E-state index contributed by atoms with van der Waals surface area (Å²) in [6.07, 6.45) is 2.05. The Morgan fingerprint density at radius 1 is 1.40 bits per heavy atom. The van der Waals surface area contributed by atoms with E-state index < -0.39 is 0 Å². The second-order valence-corrected chi connectivity index (χ2v) is 5.16. The van der Waals surface area contributed by atoms with E-state index in [2.05, 4.69) is 10.6 Å². The lowest BCUT2D eigenvalue weighted by Crippen LogP contribution is -2.27. The highest BCUT2D eigenvalue weighted by atomic mass is 16.5. The third-order valence-corrected chi connectivity index (χ3v) is 3.74. The van der Waals surface area contributed by atoms with E-state index in [1.54, 1.807) is 0 Å². The fourth-order valence-electron chi connectivity index (χ4n) is 2.71. The maximum absolute atomic E-state index is 11.9. The third kappa shape index (κ3) is 2.64. The maximum Gasteiger partial charge on any atom is 0.246 e. The Hall–Kier alpha value is -1.59. The molecule has 2 aliphatic rings. The molecule has 20 heavy (non-hydrogen) atoms. The molecule has 2 N–H and O–H groups in total. The van der Waals surface area contributed by atoms with Gasteiger partial charge in [0.15, 0.2) is 0 Å². The first-order valence-corrected chi connectivity index (χ1v) is 7.20. The van der Waals surface area contributed by atoms with Crippen LogP contribution in [-0.4, -0.2) is 31.8 Å². The van der Waals surface area contributed by atoms with Gasteiger partial charge in [0.05, 0.1) is 13.2 Å². The number of rotatable bonds is 4. The van der Waals surface area contributed by atoms with Crippen molar-refractivity contribution in [1.82, 2.24) is 5.32 Å². The standard InChI is InChI=1S/C15H20N2O3/c1-2-16-14-12-4-3-11(9-13(12)17-15(14)18)20-10-5-7-19-8-6-10/h3-4,9-10,14,16H,2,5-8H2,1H3,(H,17,18). The monoisotopic (exact) mass is 276 g/mol. The molecular formula is C15H20N2O3. The lowest BCUT2D eigenvalue weighted by Gasteiger charge is -2.23. The van der Waals surface area contributed by atoms with Gasteiger partial charge in [0.1, 0.15) is 17.9 Å². The number of carbonyl (C=O) groups is 1. The quantitative estimate of drug-likeness (QED) is 0.881. The SMILES string of the molecule is CCNC1C(=O)Nc2cc(OC3CCOCC3)ccc21. The fourth-order valence-corrected chi connectivity index (χ4v) is 2.71. The van der Waals surface area contributed by atoms with E-state index in [0.717, 1.165) is 49.6 Å². The summed E-state index contributed by atoms with van der Waals surface area (Å²) in [4.78, 5) is 11.9. The fraction of sp³-hybridized carbons (Fsp3) is 0.533. The summed E-state index contributed by atoms with van der Waals surface area (Å²) >= 11 is 0. The minimum absolute atomic E-state index is 0.00469. The first-order chi connectivity index (χ1) is 9.78. The van der Waals surface area contributed by atoms with Gasteiger partial charge in [-0.1, -0.05) is 13.0 Å². The van der Waals surface area contributed by atoms with E-state index >= 15 is 0 Å². The first kappa shape index (κ1) is 13.4. The summed E-state index contributed by atoms with van der Waals surface area (Å²) in [6, 6.07) is 5.58. The molecule has 0 aliphatic carbocycles. The molecule has 1 amide bonds. The van der Waals surface area contributed by atoms with Gasteiger partial charge in [-0.2, -0.15) is 0 Å². The number of hydrogen-bond donors (Lipinski definition) is 2. The second-order valence-electron chi connectivity index (χ2n) is 5.16. The Morgan fingerprint density at radius 3 is 2.95 bits per heavy atom. The van der Waals surface area contributed by atoms with Crippen LogP contribution >= 0.6 is 0 Å². The molecular weight excluding hydrogens is 256 g/mol. The Kier molecular flexibility index (Phi) is 3.89. The average Bonchev–Trinajstić information content (AvgIpc) is 2.76. The van der Waals surface area contributed by atoms with Crippen molar-refractivity contribution in [2.45, 2.75) is 31.9 Å². The molecule has 0 spiro atoms. The molecule has 108 valence electrons. The highest BCUT2D eigenvalue weighted by Crippen LogP contribution is 2.34. The number of likely N-dealkylation sites (N-methyl/N-ethyl adjacent to an activating group) is 1. The van der Waals surface area contributed by atoms with Crippen LogP contribution in [0, 0.1) is 0 Å². The number of anilines is 1. The minimum Gasteiger partial charge on any atom is -0.490 e. The van der Waals surface area contributed by atoms with Crippen molar-refractivity contribution in [3.05, 3.63) is 23.8 Å². The van der Waals surface area contributed by atoms with Gasteiger partial charge in [-0.05, 0) is 12.6 Å². The molecule has 0 radical (unpaired) electrons. The molecule has 0 aromatic heterocycles. The third-order valence-electron chi connectivity index (χ3n) is 3.74. The number of amides is 1. The molecule has 0 saturated carbocycles. The van der Waals surface area contributed by atoms with Gasteiger partial charge in [-0.3, -0.25) is 4.79 Å². The molecule has 1 atom stereocenters. The highest BCUT2D eigenvalue weighted by molar-refractivity contribution is 6.02. The predicted molar refractivity (Wildman–Crippen MR) is 76.0 cm³/mol. The Bertz CT molecular complexity index is 498. The van der Waals surface area contributed by atoms with Crippen molar-refractivity contribution in [2.24, 2.45) is 0 Å². The van der Waals surface area contributed by atoms with E-state index in [4.69, 9.17) is 9.47 Å². The molecule has 1 unspecified atom stereocenters. The summed E-state index contributed by atoms with van der Waals surface area (Å²) in [5, 5.41) is 6.09. The van der Waals surface area contributed by atoms with Crippen molar-refractivity contribution >= 4 is 11.6 Å². The number of fused-ring (bicyclic) bond motifs is 1.